The van der Waals surface area contributed by atoms with Gasteiger partial charge in [-0.3, -0.25) is 18.9 Å². The topological polar surface area (TPSA) is 110 Å². The average molecular weight is 627 g/mol. The zero-order valence-corrected chi connectivity index (χ0v) is 25.2. The van der Waals surface area contributed by atoms with Gasteiger partial charge in [0.1, 0.15) is 17.9 Å². The summed E-state index contributed by atoms with van der Waals surface area (Å²) in [6.45, 7) is 2.71. The molecule has 4 bridgehead atoms. The summed E-state index contributed by atoms with van der Waals surface area (Å²) >= 11 is 0. The van der Waals surface area contributed by atoms with Gasteiger partial charge in [0.05, 0.1) is 23.3 Å². The van der Waals surface area contributed by atoms with Crippen molar-refractivity contribution in [3.63, 3.8) is 0 Å². The molecule has 2 aromatic carbocycles. The van der Waals surface area contributed by atoms with E-state index < -0.39 is 12.0 Å². The zero-order valence-electron chi connectivity index (χ0n) is 25.2. The van der Waals surface area contributed by atoms with Crippen LogP contribution in [0.15, 0.2) is 78.0 Å². The normalized spacial score (nSPS) is 16.1. The lowest BCUT2D eigenvalue weighted by Crippen LogP contribution is -2.44. The van der Waals surface area contributed by atoms with E-state index in [1.54, 1.807) is 23.4 Å². The molecular formula is C33H32F2N8O3. The van der Waals surface area contributed by atoms with Crippen LogP contribution in [0.3, 0.4) is 0 Å². The third-order valence-electron chi connectivity index (χ3n) is 8.37. The third-order valence-corrected chi connectivity index (χ3v) is 8.37. The first-order valence-electron chi connectivity index (χ1n) is 15.2. The highest BCUT2D eigenvalue weighted by Crippen LogP contribution is 2.40. The highest BCUT2D eigenvalue weighted by atomic mass is 19.3. The van der Waals surface area contributed by atoms with E-state index in [1.807, 2.05) is 60.4 Å². The number of nitrogens with zero attached hydrogens (tertiary/aromatic N) is 7. The molecule has 13 heteroatoms. The Labute approximate surface area is 263 Å². The first kappa shape index (κ1) is 29.4. The standard InChI is InChI=1S/C33H32F2N8O3/c1-22-7-5-10-26-28(22)42(32(45)46-21-23-8-3-2-4-9-23)16-15-41(26)27-17-24-18-36-31-38-25-19-37-40(20-25)14-12-33(34,35)11-6-13-43(30(27)44)29(24)39-31/h2-5,7-10,17-20H,6,11-16,21H2,1H3,(H,36,38,39). The van der Waals surface area contributed by atoms with Crippen molar-refractivity contribution < 1.29 is 18.3 Å². The first-order valence-corrected chi connectivity index (χ1v) is 15.2. The fraction of sp³-hybridized carbons (Fsp3) is 0.303. The SMILES string of the molecule is Cc1cccc2c1N(C(=O)OCc1ccccc1)CCN2c1cc2cnc3nc2n(c1=O)CCCC(F)(F)CCn1cc(cn1)N3. The second-order valence-corrected chi connectivity index (χ2v) is 11.6. The minimum atomic E-state index is -2.93. The molecule has 0 aliphatic carbocycles. The Morgan fingerprint density at radius 3 is 2.70 bits per heavy atom. The molecule has 0 atom stereocenters. The molecule has 0 saturated heterocycles. The van der Waals surface area contributed by atoms with E-state index in [2.05, 4.69) is 20.4 Å². The van der Waals surface area contributed by atoms with E-state index >= 15 is 0 Å². The van der Waals surface area contributed by atoms with Gasteiger partial charge in [0.25, 0.3) is 5.56 Å². The van der Waals surface area contributed by atoms with Gasteiger partial charge < -0.3 is 15.0 Å². The summed E-state index contributed by atoms with van der Waals surface area (Å²) in [5.74, 6) is -2.66. The number of nitrogens with one attached hydrogen (secondary N) is 1. The predicted octanol–water partition coefficient (Wildman–Crippen LogP) is 6.15. The largest absolute Gasteiger partial charge is 0.444 e. The van der Waals surface area contributed by atoms with Crippen LogP contribution in [-0.4, -0.2) is 49.4 Å². The van der Waals surface area contributed by atoms with Gasteiger partial charge in [-0.1, -0.05) is 42.5 Å². The average Bonchev–Trinajstić information content (AvgIpc) is 3.51. The van der Waals surface area contributed by atoms with Crippen molar-refractivity contribution in [2.24, 2.45) is 0 Å². The predicted molar refractivity (Wildman–Crippen MR) is 170 cm³/mol. The van der Waals surface area contributed by atoms with Gasteiger partial charge in [-0.15, -0.1) is 0 Å². The van der Waals surface area contributed by atoms with Gasteiger partial charge in [0, 0.05) is 56.8 Å². The van der Waals surface area contributed by atoms with E-state index in [0.29, 0.717) is 40.3 Å². The van der Waals surface area contributed by atoms with Crippen LogP contribution in [0.4, 0.5) is 42.3 Å². The van der Waals surface area contributed by atoms with Crippen LogP contribution in [0.2, 0.25) is 0 Å². The fourth-order valence-electron chi connectivity index (χ4n) is 6.06. The number of anilines is 5. The summed E-state index contributed by atoms with van der Waals surface area (Å²) < 4.78 is 38.3. The monoisotopic (exact) mass is 626 g/mol. The van der Waals surface area contributed by atoms with Gasteiger partial charge in [0.2, 0.25) is 11.9 Å². The number of aromatic nitrogens is 5. The number of hydrogen-bond donors (Lipinski definition) is 1. The molecule has 1 N–H and O–H groups in total. The number of hydrogen-bond acceptors (Lipinski definition) is 8. The molecule has 46 heavy (non-hydrogen) atoms. The number of alkyl halides is 2. The molecule has 1 amide bonds. The van der Waals surface area contributed by atoms with E-state index in [-0.39, 0.29) is 57.0 Å². The highest BCUT2D eigenvalue weighted by molar-refractivity contribution is 5.97. The maximum absolute atomic E-state index is 14.9. The molecule has 0 spiro atoms. The quantitative estimate of drug-likeness (QED) is 0.254. The molecule has 5 aromatic rings. The zero-order chi connectivity index (χ0) is 31.8. The van der Waals surface area contributed by atoms with E-state index in [4.69, 9.17) is 4.74 Å². The number of halogens is 2. The van der Waals surface area contributed by atoms with Crippen LogP contribution in [0.5, 0.6) is 0 Å². The number of carbonyl (C=O) groups is 1. The van der Waals surface area contributed by atoms with Gasteiger partial charge in [-0.25, -0.2) is 18.6 Å². The van der Waals surface area contributed by atoms with Crippen molar-refractivity contribution in [2.45, 2.75) is 51.8 Å². The van der Waals surface area contributed by atoms with E-state index in [9.17, 15) is 18.4 Å². The molecule has 0 unspecified atom stereocenters. The summed E-state index contributed by atoms with van der Waals surface area (Å²) in [5, 5.41) is 7.81. The second-order valence-electron chi connectivity index (χ2n) is 11.6. The number of rotatable bonds is 3. The Morgan fingerprint density at radius 1 is 1.00 bits per heavy atom. The van der Waals surface area contributed by atoms with Crippen LogP contribution in [0, 0.1) is 6.92 Å². The van der Waals surface area contributed by atoms with Crippen molar-refractivity contribution in [3.8, 4) is 0 Å². The highest BCUT2D eigenvalue weighted by Gasteiger charge is 2.32. The van der Waals surface area contributed by atoms with Crippen LogP contribution >= 0.6 is 0 Å². The Kier molecular flexibility index (Phi) is 7.59. The summed E-state index contributed by atoms with van der Waals surface area (Å²) in [7, 11) is 0. The number of amides is 1. The molecule has 3 aromatic heterocycles. The van der Waals surface area contributed by atoms with E-state index in [1.165, 1.54) is 15.4 Å². The number of fused-ring (bicyclic) bond motifs is 4. The molecule has 11 nitrogen and oxygen atoms in total. The van der Waals surface area contributed by atoms with Gasteiger partial charge in [-0.05, 0) is 36.6 Å². The number of pyridine rings is 1. The Bertz CT molecular complexity index is 1980. The van der Waals surface area contributed by atoms with Crippen LogP contribution in [-0.2, 0) is 24.4 Å². The van der Waals surface area contributed by atoms with Crippen molar-refractivity contribution in [1.82, 2.24) is 24.3 Å². The molecule has 236 valence electrons. The van der Waals surface area contributed by atoms with Crippen LogP contribution in [0.1, 0.15) is 30.4 Å². The number of carbonyl (C=O) groups excluding carboxylic acids is 1. The molecule has 0 radical (unpaired) electrons. The summed E-state index contributed by atoms with van der Waals surface area (Å²) in [6, 6.07) is 16.8. The molecule has 2 aliphatic heterocycles. The molecule has 2 aliphatic rings. The van der Waals surface area contributed by atoms with E-state index in [0.717, 1.165) is 11.1 Å². The van der Waals surface area contributed by atoms with Crippen molar-refractivity contribution in [2.75, 3.05) is 28.2 Å². The smallest absolute Gasteiger partial charge is 0.414 e. The Balaban J connectivity index is 1.26. The summed E-state index contributed by atoms with van der Waals surface area (Å²) in [5.41, 5.74) is 3.89. The molecule has 0 fully saturated rings. The lowest BCUT2D eigenvalue weighted by molar-refractivity contribution is -0.0232. The number of ether oxygens (including phenoxy) is 1. The summed E-state index contributed by atoms with van der Waals surface area (Å²) in [4.78, 5) is 40.1. The van der Waals surface area contributed by atoms with Gasteiger partial charge >= 0.3 is 6.09 Å². The summed E-state index contributed by atoms with van der Waals surface area (Å²) in [6.07, 6.45) is 3.60. The number of aryl methyl sites for hydroxylation is 3. The number of benzene rings is 2. The molecule has 7 rings (SSSR count). The second kappa shape index (κ2) is 11.9. The number of para-hydroxylation sites is 1. The molecular weight excluding hydrogens is 594 g/mol. The Morgan fingerprint density at radius 2 is 1.85 bits per heavy atom. The molecule has 5 heterocycles. The van der Waals surface area contributed by atoms with Crippen molar-refractivity contribution in [3.05, 3.63) is 94.7 Å². The fourth-order valence-corrected chi connectivity index (χ4v) is 6.06. The lowest BCUT2D eigenvalue weighted by Gasteiger charge is -2.38. The van der Waals surface area contributed by atoms with Crippen LogP contribution < -0.4 is 20.7 Å². The maximum atomic E-state index is 14.9. The minimum Gasteiger partial charge on any atom is -0.444 e. The maximum Gasteiger partial charge on any atom is 0.414 e. The van der Waals surface area contributed by atoms with Gasteiger partial charge in [0.15, 0.2) is 0 Å². The minimum absolute atomic E-state index is 0.0462. The first-order chi connectivity index (χ1) is 22.3. The van der Waals surface area contributed by atoms with Crippen molar-refractivity contribution >= 4 is 45.8 Å². The van der Waals surface area contributed by atoms with Gasteiger partial charge in [-0.2, -0.15) is 10.1 Å². The lowest BCUT2D eigenvalue weighted by atomic mass is 10.1. The van der Waals surface area contributed by atoms with Crippen molar-refractivity contribution in [1.29, 1.82) is 0 Å². The Hall–Kier alpha value is -5.33. The van der Waals surface area contributed by atoms with Crippen LogP contribution in [0.25, 0.3) is 11.0 Å². The molecule has 0 saturated carbocycles. The third kappa shape index (κ3) is 5.75.